The second kappa shape index (κ2) is 4.08. The van der Waals surface area contributed by atoms with Crippen molar-refractivity contribution in [2.45, 2.75) is 32.7 Å². The van der Waals surface area contributed by atoms with E-state index < -0.39 is 0 Å². The fraction of sp³-hybridized carbons (Fsp3) is 0.900. The average Bonchev–Trinajstić information content (AvgIpc) is 2.01. The van der Waals surface area contributed by atoms with Crippen molar-refractivity contribution < 1.29 is 0 Å². The van der Waals surface area contributed by atoms with Crippen molar-refractivity contribution in [1.29, 1.82) is 5.26 Å². The lowest BCUT2D eigenvalue weighted by molar-refractivity contribution is 0.144. The summed E-state index contributed by atoms with van der Waals surface area (Å²) >= 11 is 0. The summed E-state index contributed by atoms with van der Waals surface area (Å²) in [5.41, 5.74) is 5.50. The minimum absolute atomic E-state index is 0.160. The molecule has 1 rings (SSSR count). The molecule has 3 heteroatoms. The predicted octanol–water partition coefficient (Wildman–Crippen LogP) is 0.959. The van der Waals surface area contributed by atoms with Crippen LogP contribution in [0.25, 0.3) is 0 Å². The van der Waals surface area contributed by atoms with Crippen molar-refractivity contribution in [3.63, 3.8) is 0 Å². The van der Waals surface area contributed by atoms with E-state index in [1.54, 1.807) is 0 Å². The van der Waals surface area contributed by atoms with Crippen LogP contribution in [0.15, 0.2) is 0 Å². The maximum atomic E-state index is 8.79. The molecule has 0 spiro atoms. The van der Waals surface area contributed by atoms with Crippen LogP contribution in [0.3, 0.4) is 0 Å². The molecular formula is C10H19N3. The first-order chi connectivity index (χ1) is 6.03. The molecule has 0 aromatic carbocycles. The molecule has 0 atom stereocenters. The summed E-state index contributed by atoms with van der Waals surface area (Å²) in [6.45, 7) is 7.16. The molecule has 1 heterocycles. The minimum Gasteiger partial charge on any atom is -0.325 e. The Morgan fingerprint density at radius 1 is 1.54 bits per heavy atom. The van der Waals surface area contributed by atoms with E-state index in [0.29, 0.717) is 6.04 Å². The van der Waals surface area contributed by atoms with Gasteiger partial charge in [-0.2, -0.15) is 5.26 Å². The molecule has 1 saturated heterocycles. The van der Waals surface area contributed by atoms with E-state index in [0.717, 1.165) is 32.5 Å². The summed E-state index contributed by atoms with van der Waals surface area (Å²) in [5, 5.41) is 8.79. The van der Waals surface area contributed by atoms with Crippen molar-refractivity contribution in [2.75, 3.05) is 19.6 Å². The van der Waals surface area contributed by atoms with Crippen LogP contribution >= 0.6 is 0 Å². The first-order valence-electron chi connectivity index (χ1n) is 4.93. The highest BCUT2D eigenvalue weighted by molar-refractivity contribution is 4.92. The topological polar surface area (TPSA) is 53.0 Å². The van der Waals surface area contributed by atoms with E-state index in [9.17, 15) is 0 Å². The van der Waals surface area contributed by atoms with Gasteiger partial charge in [-0.15, -0.1) is 0 Å². The van der Waals surface area contributed by atoms with Gasteiger partial charge in [0.05, 0.1) is 11.5 Å². The molecule has 1 fully saturated rings. The molecule has 13 heavy (non-hydrogen) atoms. The lowest BCUT2D eigenvalue weighted by atomic mass is 9.89. The van der Waals surface area contributed by atoms with Crippen LogP contribution in [0.1, 0.15) is 26.7 Å². The SMILES string of the molecule is CC(C)(C#N)CCCN1CC(N)C1. The summed E-state index contributed by atoms with van der Waals surface area (Å²) in [6.07, 6.45) is 2.09. The smallest absolute Gasteiger partial charge is 0.0683 e. The van der Waals surface area contributed by atoms with Gasteiger partial charge in [0.25, 0.3) is 0 Å². The predicted molar refractivity (Wildman–Crippen MR) is 53.0 cm³/mol. The maximum Gasteiger partial charge on any atom is 0.0683 e. The lowest BCUT2D eigenvalue weighted by Crippen LogP contribution is -2.55. The van der Waals surface area contributed by atoms with Gasteiger partial charge in [0, 0.05) is 19.1 Å². The molecule has 2 N–H and O–H groups in total. The Morgan fingerprint density at radius 2 is 2.15 bits per heavy atom. The summed E-state index contributed by atoms with van der Waals surface area (Å²) < 4.78 is 0. The van der Waals surface area contributed by atoms with E-state index in [2.05, 4.69) is 11.0 Å². The van der Waals surface area contributed by atoms with Crippen LogP contribution in [0, 0.1) is 16.7 Å². The van der Waals surface area contributed by atoms with Crippen molar-refractivity contribution in [3.05, 3.63) is 0 Å². The van der Waals surface area contributed by atoms with Gasteiger partial charge >= 0.3 is 0 Å². The Labute approximate surface area is 80.5 Å². The molecule has 1 aliphatic rings. The minimum atomic E-state index is -0.160. The van der Waals surface area contributed by atoms with E-state index >= 15 is 0 Å². The number of nitrogens with zero attached hydrogens (tertiary/aromatic N) is 2. The third-order valence-electron chi connectivity index (χ3n) is 2.56. The lowest BCUT2D eigenvalue weighted by Gasteiger charge is -2.37. The highest BCUT2D eigenvalue weighted by Crippen LogP contribution is 2.21. The highest BCUT2D eigenvalue weighted by atomic mass is 15.2. The van der Waals surface area contributed by atoms with Gasteiger partial charge < -0.3 is 10.6 Å². The first-order valence-corrected chi connectivity index (χ1v) is 4.93. The normalized spacial score (nSPS) is 19.5. The van der Waals surface area contributed by atoms with Gasteiger partial charge in [-0.25, -0.2) is 0 Å². The van der Waals surface area contributed by atoms with Crippen LogP contribution in [-0.4, -0.2) is 30.6 Å². The number of likely N-dealkylation sites (tertiary alicyclic amines) is 1. The van der Waals surface area contributed by atoms with Crippen molar-refractivity contribution in [1.82, 2.24) is 4.90 Å². The third-order valence-corrected chi connectivity index (χ3v) is 2.56. The van der Waals surface area contributed by atoms with Crippen LogP contribution in [0.4, 0.5) is 0 Å². The molecule has 0 unspecified atom stereocenters. The number of hydrogen-bond acceptors (Lipinski definition) is 3. The summed E-state index contributed by atoms with van der Waals surface area (Å²) in [7, 11) is 0. The molecule has 0 aliphatic carbocycles. The Hall–Kier alpha value is -0.590. The third kappa shape index (κ3) is 3.33. The van der Waals surface area contributed by atoms with E-state index in [-0.39, 0.29) is 5.41 Å². The average molecular weight is 181 g/mol. The summed E-state index contributed by atoms with van der Waals surface area (Å²) in [6, 6.07) is 2.71. The fourth-order valence-electron chi connectivity index (χ4n) is 1.59. The van der Waals surface area contributed by atoms with E-state index in [1.807, 2.05) is 13.8 Å². The van der Waals surface area contributed by atoms with Gasteiger partial charge in [-0.3, -0.25) is 0 Å². The van der Waals surface area contributed by atoms with Gasteiger partial charge in [0.2, 0.25) is 0 Å². The van der Waals surface area contributed by atoms with E-state index in [4.69, 9.17) is 11.0 Å². The van der Waals surface area contributed by atoms with Gasteiger partial charge in [-0.1, -0.05) is 0 Å². The van der Waals surface area contributed by atoms with Crippen molar-refractivity contribution in [3.8, 4) is 6.07 Å². The number of hydrogen-bond donors (Lipinski definition) is 1. The van der Waals surface area contributed by atoms with Gasteiger partial charge in [0.1, 0.15) is 0 Å². The van der Waals surface area contributed by atoms with Gasteiger partial charge in [-0.05, 0) is 33.2 Å². The summed E-state index contributed by atoms with van der Waals surface area (Å²) in [4.78, 5) is 2.35. The summed E-state index contributed by atoms with van der Waals surface area (Å²) in [5.74, 6) is 0. The van der Waals surface area contributed by atoms with Crippen LogP contribution in [-0.2, 0) is 0 Å². The second-order valence-corrected chi connectivity index (χ2v) is 4.62. The number of nitriles is 1. The number of rotatable bonds is 4. The molecular weight excluding hydrogens is 162 g/mol. The Bertz CT molecular complexity index is 199. The quantitative estimate of drug-likeness (QED) is 0.703. The van der Waals surface area contributed by atoms with Crippen molar-refractivity contribution in [2.24, 2.45) is 11.1 Å². The molecule has 1 aliphatic heterocycles. The Kier molecular flexibility index (Phi) is 3.29. The van der Waals surface area contributed by atoms with Crippen LogP contribution in [0.2, 0.25) is 0 Å². The molecule has 0 aromatic heterocycles. The highest BCUT2D eigenvalue weighted by Gasteiger charge is 2.23. The maximum absolute atomic E-state index is 8.79. The molecule has 0 bridgehead atoms. The number of nitrogens with two attached hydrogens (primary N) is 1. The zero-order valence-electron chi connectivity index (χ0n) is 8.58. The zero-order chi connectivity index (χ0) is 9.90. The fourth-order valence-corrected chi connectivity index (χ4v) is 1.59. The van der Waals surface area contributed by atoms with E-state index in [1.165, 1.54) is 0 Å². The van der Waals surface area contributed by atoms with Crippen molar-refractivity contribution >= 4 is 0 Å². The van der Waals surface area contributed by atoms with Crippen LogP contribution in [0.5, 0.6) is 0 Å². The standard InChI is InChI=1S/C10H19N3/c1-10(2,8-11)4-3-5-13-6-9(12)7-13/h9H,3-7,12H2,1-2H3. The molecule has 0 saturated carbocycles. The van der Waals surface area contributed by atoms with Crippen LogP contribution < -0.4 is 5.73 Å². The molecule has 0 radical (unpaired) electrons. The zero-order valence-corrected chi connectivity index (χ0v) is 8.58. The molecule has 3 nitrogen and oxygen atoms in total. The Morgan fingerprint density at radius 3 is 2.62 bits per heavy atom. The second-order valence-electron chi connectivity index (χ2n) is 4.62. The molecule has 74 valence electrons. The first kappa shape index (κ1) is 10.5. The molecule has 0 amide bonds. The largest absolute Gasteiger partial charge is 0.325 e. The Balaban J connectivity index is 2.05. The monoisotopic (exact) mass is 181 g/mol. The molecule has 0 aromatic rings. The van der Waals surface area contributed by atoms with Gasteiger partial charge in [0.15, 0.2) is 0 Å².